The van der Waals surface area contributed by atoms with Gasteiger partial charge in [0.05, 0.1) is 0 Å². The zero-order chi connectivity index (χ0) is 18.7. The minimum Gasteiger partial charge on any atom is -0.490 e. The molecule has 0 unspecified atom stereocenters. The van der Waals surface area contributed by atoms with E-state index in [4.69, 9.17) is 24.5 Å². The molecular weight excluding hydrogens is 329 g/mol. The molecule has 6 nitrogen and oxygen atoms in total. The van der Waals surface area contributed by atoms with E-state index in [0.29, 0.717) is 0 Å². The van der Waals surface area contributed by atoms with Gasteiger partial charge in [0, 0.05) is 13.1 Å². The number of carboxylic acid groups (broad SMARTS) is 2. The molecule has 1 aromatic carbocycles. The third-order valence-corrected chi connectivity index (χ3v) is 3.91. The van der Waals surface area contributed by atoms with Crippen LogP contribution in [0.1, 0.15) is 39.0 Å². The van der Waals surface area contributed by atoms with Crippen LogP contribution in [0.2, 0.25) is 0 Å². The van der Waals surface area contributed by atoms with E-state index in [1.54, 1.807) is 12.1 Å². The second-order valence-corrected chi connectivity index (χ2v) is 5.93. The maximum Gasteiger partial charge on any atom is 0.414 e. The number of hydrogen-bond acceptors (Lipinski definition) is 4. The highest BCUT2D eigenvalue weighted by Crippen LogP contribution is 2.19. The first-order valence-corrected chi connectivity index (χ1v) is 8.53. The van der Waals surface area contributed by atoms with Crippen LogP contribution < -0.4 is 4.74 Å². The van der Waals surface area contributed by atoms with Gasteiger partial charge in [0.15, 0.2) is 0 Å². The highest BCUT2D eigenvalue weighted by molar-refractivity contribution is 6.27. The Balaban J connectivity index is 0.000000450. The summed E-state index contributed by atoms with van der Waals surface area (Å²) in [5, 5.41) is 14.8. The summed E-state index contributed by atoms with van der Waals surface area (Å²) in [5.74, 6) is -3.08. The van der Waals surface area contributed by atoms with E-state index in [9.17, 15) is 4.39 Å². The molecule has 2 N–H and O–H groups in total. The van der Waals surface area contributed by atoms with Crippen molar-refractivity contribution in [2.75, 3.05) is 19.6 Å². The molecule has 140 valence electrons. The lowest BCUT2D eigenvalue weighted by atomic mass is 10.1. The van der Waals surface area contributed by atoms with E-state index >= 15 is 0 Å². The van der Waals surface area contributed by atoms with Crippen molar-refractivity contribution in [2.24, 2.45) is 0 Å². The van der Waals surface area contributed by atoms with Gasteiger partial charge < -0.3 is 19.8 Å². The number of rotatable bonds is 6. The van der Waals surface area contributed by atoms with Crippen molar-refractivity contribution in [3.05, 3.63) is 30.1 Å². The van der Waals surface area contributed by atoms with Gasteiger partial charge in [0.25, 0.3) is 0 Å². The van der Waals surface area contributed by atoms with Crippen LogP contribution in [0.15, 0.2) is 24.3 Å². The van der Waals surface area contributed by atoms with Crippen LogP contribution >= 0.6 is 0 Å². The SMILES string of the molecule is CCCCCN1CCC(Oc2ccc(F)cc2)CC1.O=C(O)C(=O)O. The van der Waals surface area contributed by atoms with Gasteiger partial charge in [-0.3, -0.25) is 0 Å². The molecule has 1 fully saturated rings. The lowest BCUT2D eigenvalue weighted by Gasteiger charge is -2.32. The fraction of sp³-hybridized carbons (Fsp3) is 0.556. The van der Waals surface area contributed by atoms with Crippen molar-refractivity contribution < 1.29 is 28.9 Å². The molecule has 0 bridgehead atoms. The van der Waals surface area contributed by atoms with Crippen molar-refractivity contribution in [1.29, 1.82) is 0 Å². The zero-order valence-corrected chi connectivity index (χ0v) is 14.5. The summed E-state index contributed by atoms with van der Waals surface area (Å²) in [5.41, 5.74) is 0. The molecule has 0 radical (unpaired) electrons. The predicted octanol–water partition coefficient (Wildman–Crippen LogP) is 3.01. The first kappa shape index (κ1) is 20.9. The number of benzene rings is 1. The van der Waals surface area contributed by atoms with Gasteiger partial charge in [-0.1, -0.05) is 19.8 Å². The van der Waals surface area contributed by atoms with Gasteiger partial charge in [-0.2, -0.15) is 0 Å². The fourth-order valence-electron chi connectivity index (χ4n) is 2.54. The maximum atomic E-state index is 12.8. The summed E-state index contributed by atoms with van der Waals surface area (Å²) in [4.78, 5) is 20.7. The first-order valence-electron chi connectivity index (χ1n) is 8.53. The Bertz CT molecular complexity index is 515. The minimum atomic E-state index is -1.82. The summed E-state index contributed by atoms with van der Waals surface area (Å²) in [6, 6.07) is 6.33. The second kappa shape index (κ2) is 11.4. The molecule has 25 heavy (non-hydrogen) atoms. The third-order valence-electron chi connectivity index (χ3n) is 3.91. The molecule has 7 heteroatoms. The number of carboxylic acids is 2. The lowest BCUT2D eigenvalue weighted by molar-refractivity contribution is -0.159. The van der Waals surface area contributed by atoms with Gasteiger partial charge in [-0.15, -0.1) is 0 Å². The number of ether oxygens (including phenoxy) is 1. The van der Waals surface area contributed by atoms with E-state index in [1.807, 2.05) is 0 Å². The Hall–Kier alpha value is -2.15. The van der Waals surface area contributed by atoms with E-state index in [1.165, 1.54) is 37.9 Å². The van der Waals surface area contributed by atoms with Crippen molar-refractivity contribution in [3.8, 4) is 5.75 Å². The Morgan fingerprint density at radius 1 is 1.12 bits per heavy atom. The summed E-state index contributed by atoms with van der Waals surface area (Å²) in [7, 11) is 0. The van der Waals surface area contributed by atoms with Crippen LogP contribution in [0.3, 0.4) is 0 Å². The third kappa shape index (κ3) is 9.05. The van der Waals surface area contributed by atoms with Crippen LogP contribution in [0, 0.1) is 5.82 Å². The topological polar surface area (TPSA) is 87.1 Å². The fourth-order valence-corrected chi connectivity index (χ4v) is 2.54. The Labute approximate surface area is 147 Å². The number of aliphatic carboxylic acids is 2. The molecule has 1 aliphatic rings. The summed E-state index contributed by atoms with van der Waals surface area (Å²) < 4.78 is 18.7. The van der Waals surface area contributed by atoms with Crippen LogP contribution in [0.5, 0.6) is 5.75 Å². The van der Waals surface area contributed by atoms with Crippen molar-refractivity contribution in [3.63, 3.8) is 0 Å². The summed E-state index contributed by atoms with van der Waals surface area (Å²) in [6.45, 7) is 5.70. The molecule has 0 amide bonds. The molecule has 1 aromatic rings. The number of carbonyl (C=O) groups is 2. The highest BCUT2D eigenvalue weighted by atomic mass is 19.1. The Morgan fingerprint density at radius 2 is 1.68 bits per heavy atom. The van der Waals surface area contributed by atoms with Gasteiger partial charge in [0.2, 0.25) is 0 Å². The molecule has 0 aromatic heterocycles. The van der Waals surface area contributed by atoms with Gasteiger partial charge >= 0.3 is 11.9 Å². The number of hydrogen-bond donors (Lipinski definition) is 2. The number of unbranched alkanes of at least 4 members (excludes halogenated alkanes) is 2. The zero-order valence-electron chi connectivity index (χ0n) is 14.5. The second-order valence-electron chi connectivity index (χ2n) is 5.93. The molecule has 1 aliphatic heterocycles. The molecule has 0 aliphatic carbocycles. The van der Waals surface area contributed by atoms with E-state index < -0.39 is 11.9 Å². The molecular formula is C18H26FNO5. The van der Waals surface area contributed by atoms with Crippen LogP contribution in [0.4, 0.5) is 4.39 Å². The average Bonchev–Trinajstić information content (AvgIpc) is 2.59. The number of nitrogens with zero attached hydrogens (tertiary/aromatic N) is 1. The predicted molar refractivity (Wildman–Crippen MR) is 91.3 cm³/mol. The molecule has 1 heterocycles. The number of halogens is 1. The number of likely N-dealkylation sites (tertiary alicyclic amines) is 1. The van der Waals surface area contributed by atoms with Gasteiger partial charge in [-0.25, -0.2) is 14.0 Å². The minimum absolute atomic E-state index is 0.210. The molecule has 0 atom stereocenters. The van der Waals surface area contributed by atoms with E-state index in [0.717, 1.165) is 31.7 Å². The van der Waals surface area contributed by atoms with Crippen LogP contribution in [0.25, 0.3) is 0 Å². The van der Waals surface area contributed by atoms with E-state index in [-0.39, 0.29) is 11.9 Å². The Kier molecular flexibility index (Phi) is 9.54. The molecule has 0 spiro atoms. The van der Waals surface area contributed by atoms with Gasteiger partial charge in [0.1, 0.15) is 17.7 Å². The monoisotopic (exact) mass is 355 g/mol. The average molecular weight is 355 g/mol. The van der Waals surface area contributed by atoms with Crippen molar-refractivity contribution >= 4 is 11.9 Å². The van der Waals surface area contributed by atoms with E-state index in [2.05, 4.69) is 11.8 Å². The van der Waals surface area contributed by atoms with Crippen molar-refractivity contribution in [2.45, 2.75) is 45.1 Å². The first-order chi connectivity index (χ1) is 11.9. The highest BCUT2D eigenvalue weighted by Gasteiger charge is 2.19. The quantitative estimate of drug-likeness (QED) is 0.602. The summed E-state index contributed by atoms with van der Waals surface area (Å²) in [6.07, 6.45) is 6.34. The van der Waals surface area contributed by atoms with Crippen LogP contribution in [-0.4, -0.2) is 52.8 Å². The van der Waals surface area contributed by atoms with Crippen molar-refractivity contribution in [1.82, 2.24) is 4.90 Å². The largest absolute Gasteiger partial charge is 0.490 e. The number of piperidine rings is 1. The van der Waals surface area contributed by atoms with Crippen LogP contribution in [-0.2, 0) is 9.59 Å². The standard InChI is InChI=1S/C16H24FNO.C2H2O4/c1-2-3-4-11-18-12-9-16(10-13-18)19-15-7-5-14(17)6-8-15;3-1(4)2(5)6/h5-8,16H,2-4,9-13H2,1H3;(H,3,4)(H,5,6). The molecule has 0 saturated carbocycles. The Morgan fingerprint density at radius 3 is 2.16 bits per heavy atom. The van der Waals surface area contributed by atoms with Gasteiger partial charge in [-0.05, 0) is 50.1 Å². The molecule has 1 saturated heterocycles. The lowest BCUT2D eigenvalue weighted by Crippen LogP contribution is -2.38. The maximum absolute atomic E-state index is 12.8. The molecule has 2 rings (SSSR count). The smallest absolute Gasteiger partial charge is 0.414 e. The normalized spacial score (nSPS) is 15.1. The summed E-state index contributed by atoms with van der Waals surface area (Å²) >= 11 is 0.